The van der Waals surface area contributed by atoms with Gasteiger partial charge in [0.05, 0.1) is 17.4 Å². The maximum absolute atomic E-state index is 13.0. The number of alkyl halides is 2. The summed E-state index contributed by atoms with van der Waals surface area (Å²) >= 11 is 14.2. The minimum absolute atomic E-state index is 0.278. The van der Waals surface area contributed by atoms with E-state index in [1.165, 1.54) is 16.4 Å². The van der Waals surface area contributed by atoms with Crippen LogP contribution in [0.15, 0.2) is 84.0 Å². The quantitative estimate of drug-likeness (QED) is 0.333. The Balaban J connectivity index is 1.34. The molecule has 1 aromatic heterocycles. The van der Waals surface area contributed by atoms with Crippen LogP contribution >= 0.6 is 35.0 Å². The zero-order chi connectivity index (χ0) is 24.4. The summed E-state index contributed by atoms with van der Waals surface area (Å²) in [5.41, 5.74) is 4.06. The molecule has 176 valence electrons. The third kappa shape index (κ3) is 4.98. The monoisotopic (exact) mass is 522 g/mol. The average Bonchev–Trinajstić information content (AvgIpc) is 3.33. The molecule has 3 aromatic carbocycles. The smallest absolute Gasteiger partial charge is 0.265 e. The van der Waals surface area contributed by atoms with Gasteiger partial charge in [0.25, 0.3) is 5.91 Å². The van der Waals surface area contributed by atoms with Gasteiger partial charge in [-0.2, -0.15) is 9.78 Å². The number of nitrogens with zero attached hydrogens (tertiary/aromatic N) is 3. The maximum atomic E-state index is 13.0. The van der Waals surface area contributed by atoms with Crippen molar-refractivity contribution in [1.82, 2.24) is 15.1 Å². The second-order valence-electron chi connectivity index (χ2n) is 8.02. The summed E-state index contributed by atoms with van der Waals surface area (Å²) in [4.78, 5) is 30.2. The van der Waals surface area contributed by atoms with E-state index in [-0.39, 0.29) is 11.8 Å². The summed E-state index contributed by atoms with van der Waals surface area (Å²) in [5.74, 6) is -0.0451. The molecular formula is C26H20Cl2N4O2S. The average molecular weight is 523 g/mol. The molecule has 2 heterocycles. The van der Waals surface area contributed by atoms with Crippen molar-refractivity contribution in [3.63, 3.8) is 0 Å². The molecule has 1 N–H and O–H groups in total. The largest absolute Gasteiger partial charge is 0.304 e. The van der Waals surface area contributed by atoms with E-state index in [4.69, 9.17) is 23.2 Å². The number of hydrogen-bond donors (Lipinski definition) is 1. The summed E-state index contributed by atoms with van der Waals surface area (Å²) in [6, 6.07) is 22.4. The van der Waals surface area contributed by atoms with Crippen LogP contribution in [0.3, 0.4) is 0 Å². The Morgan fingerprint density at radius 1 is 1.00 bits per heavy atom. The summed E-state index contributed by atoms with van der Waals surface area (Å²) in [6.45, 7) is 0. The van der Waals surface area contributed by atoms with Gasteiger partial charge in [-0.3, -0.25) is 9.59 Å². The first-order chi connectivity index (χ1) is 17.0. The van der Waals surface area contributed by atoms with Crippen molar-refractivity contribution in [1.29, 1.82) is 0 Å². The van der Waals surface area contributed by atoms with E-state index < -0.39 is 10.8 Å². The molecule has 0 saturated carbocycles. The number of amides is 1. The van der Waals surface area contributed by atoms with Crippen molar-refractivity contribution in [2.45, 2.75) is 22.9 Å². The molecule has 6 nitrogen and oxygen atoms in total. The Bertz CT molecular complexity index is 1420. The number of fused-ring (bicyclic) bond motifs is 3. The van der Waals surface area contributed by atoms with Crippen LogP contribution in [0, 0.1) is 0 Å². The second kappa shape index (κ2) is 10.2. The van der Waals surface area contributed by atoms with Gasteiger partial charge in [-0.25, -0.2) is 4.99 Å². The van der Waals surface area contributed by atoms with Gasteiger partial charge in [0.2, 0.25) is 5.91 Å². The molecule has 2 atom stereocenters. The van der Waals surface area contributed by atoms with Crippen LogP contribution in [0.2, 0.25) is 0 Å². The van der Waals surface area contributed by atoms with Crippen molar-refractivity contribution in [2.24, 2.45) is 4.99 Å². The standard InChI is InChI=1S/C26H20Cl2N4O2S/c27-20(13-16-7-3-1-4-8-16)25(34)32-22-12-11-21-19(18(22)14-29-32)15-35-26(30-21)31-24(33)23(28)17-9-5-2-6-10-17/h1-12,14,20,23H,13,15H2,(H,30,31,33). The summed E-state index contributed by atoms with van der Waals surface area (Å²) in [6.07, 6.45) is 2.09. The number of carbonyl (C=O) groups is 2. The van der Waals surface area contributed by atoms with Gasteiger partial charge in [-0.05, 0) is 35.2 Å². The topological polar surface area (TPSA) is 76.3 Å². The van der Waals surface area contributed by atoms with Gasteiger partial charge in [0.1, 0.15) is 10.8 Å². The Labute approximate surface area is 216 Å². The Morgan fingerprint density at radius 3 is 2.46 bits per heavy atom. The van der Waals surface area contributed by atoms with Crippen LogP contribution in [-0.4, -0.2) is 32.1 Å². The zero-order valence-electron chi connectivity index (χ0n) is 18.4. The molecule has 0 radical (unpaired) electrons. The highest BCUT2D eigenvalue weighted by Gasteiger charge is 2.25. The van der Waals surface area contributed by atoms with E-state index in [2.05, 4.69) is 15.4 Å². The fourth-order valence-electron chi connectivity index (χ4n) is 3.91. The number of halogens is 2. The Morgan fingerprint density at radius 2 is 1.71 bits per heavy atom. The highest BCUT2D eigenvalue weighted by molar-refractivity contribution is 8.13. The highest BCUT2D eigenvalue weighted by atomic mass is 35.5. The minimum Gasteiger partial charge on any atom is -0.304 e. The molecule has 0 saturated heterocycles. The minimum atomic E-state index is -0.813. The van der Waals surface area contributed by atoms with Gasteiger partial charge in [-0.1, -0.05) is 72.4 Å². The fraction of sp³-hybridized carbons (Fsp3) is 0.154. The lowest BCUT2D eigenvalue weighted by Gasteiger charge is -2.18. The molecule has 9 heteroatoms. The van der Waals surface area contributed by atoms with Crippen molar-refractivity contribution >= 4 is 68.5 Å². The number of hydrogen-bond acceptors (Lipinski definition) is 5. The molecule has 35 heavy (non-hydrogen) atoms. The third-order valence-corrected chi connectivity index (χ3v) is 7.39. The van der Waals surface area contributed by atoms with Crippen LogP contribution in [0.5, 0.6) is 0 Å². The molecule has 0 aliphatic carbocycles. The molecule has 2 unspecified atom stereocenters. The van der Waals surface area contributed by atoms with Crippen LogP contribution in [0.25, 0.3) is 10.9 Å². The number of aliphatic imine (C=N–C) groups is 1. The van der Waals surface area contributed by atoms with E-state index in [1.807, 2.05) is 66.7 Å². The summed E-state index contributed by atoms with van der Waals surface area (Å²) in [7, 11) is 0. The molecule has 0 fully saturated rings. The van der Waals surface area contributed by atoms with Gasteiger partial charge in [-0.15, -0.1) is 23.2 Å². The SMILES string of the molecule is O=C(NC1=Nc2ccc3c(cnn3C(=O)C(Cl)Cc3ccccc3)c2CS1)C(Cl)c1ccccc1. The first-order valence-electron chi connectivity index (χ1n) is 10.9. The summed E-state index contributed by atoms with van der Waals surface area (Å²) in [5, 5.41) is 6.91. The number of carbonyl (C=O) groups excluding carboxylic acids is 2. The lowest BCUT2D eigenvalue weighted by Crippen LogP contribution is -2.32. The first kappa shape index (κ1) is 23.6. The predicted octanol–water partition coefficient (Wildman–Crippen LogP) is 5.86. The van der Waals surface area contributed by atoms with Gasteiger partial charge in [0, 0.05) is 11.1 Å². The van der Waals surface area contributed by atoms with E-state index in [0.29, 0.717) is 22.9 Å². The van der Waals surface area contributed by atoms with Gasteiger partial charge in [0.15, 0.2) is 5.17 Å². The molecule has 1 aliphatic heterocycles. The van der Waals surface area contributed by atoms with Crippen LogP contribution < -0.4 is 5.32 Å². The molecule has 1 aliphatic rings. The van der Waals surface area contributed by atoms with E-state index in [1.54, 1.807) is 12.3 Å². The molecular weight excluding hydrogens is 503 g/mol. The van der Waals surface area contributed by atoms with E-state index >= 15 is 0 Å². The molecule has 5 rings (SSSR count). The summed E-state index contributed by atoms with van der Waals surface area (Å²) < 4.78 is 1.36. The van der Waals surface area contributed by atoms with Crippen LogP contribution in [0.1, 0.15) is 26.9 Å². The number of amidine groups is 1. The lowest BCUT2D eigenvalue weighted by molar-refractivity contribution is -0.119. The predicted molar refractivity (Wildman–Crippen MR) is 142 cm³/mol. The van der Waals surface area contributed by atoms with Crippen molar-refractivity contribution in [2.75, 3.05) is 0 Å². The van der Waals surface area contributed by atoms with Crippen LogP contribution in [0.4, 0.5) is 5.69 Å². The maximum Gasteiger partial charge on any atom is 0.265 e. The molecule has 0 bridgehead atoms. The molecule has 4 aromatic rings. The number of rotatable bonds is 5. The zero-order valence-corrected chi connectivity index (χ0v) is 20.7. The number of benzene rings is 3. The van der Waals surface area contributed by atoms with E-state index in [0.717, 1.165) is 27.8 Å². The second-order valence-corrected chi connectivity index (χ2v) is 9.94. The van der Waals surface area contributed by atoms with Crippen molar-refractivity contribution in [3.8, 4) is 0 Å². The fourth-order valence-corrected chi connectivity index (χ4v) is 5.30. The lowest BCUT2D eigenvalue weighted by atomic mass is 10.1. The molecule has 1 amide bonds. The van der Waals surface area contributed by atoms with Crippen molar-refractivity contribution < 1.29 is 9.59 Å². The van der Waals surface area contributed by atoms with Gasteiger partial charge < -0.3 is 5.32 Å². The molecule has 0 spiro atoms. The first-order valence-corrected chi connectivity index (χ1v) is 12.8. The Hall–Kier alpha value is -3.13. The van der Waals surface area contributed by atoms with Gasteiger partial charge >= 0.3 is 0 Å². The van der Waals surface area contributed by atoms with Crippen molar-refractivity contribution in [3.05, 3.63) is 95.7 Å². The van der Waals surface area contributed by atoms with E-state index in [9.17, 15) is 9.59 Å². The number of aromatic nitrogens is 2. The normalized spacial score (nSPS) is 14.6. The number of nitrogens with one attached hydrogen (secondary N) is 1. The highest BCUT2D eigenvalue weighted by Crippen LogP contribution is 2.36. The van der Waals surface area contributed by atoms with Crippen LogP contribution in [-0.2, 0) is 17.0 Å². The Kier molecular flexibility index (Phi) is 6.90. The number of thioether (sulfide) groups is 1. The third-order valence-electron chi connectivity index (χ3n) is 5.70.